The second-order valence-corrected chi connectivity index (χ2v) is 7.42. The molecule has 1 amide bonds. The number of piperidine rings is 1. The van der Waals surface area contributed by atoms with E-state index in [0.29, 0.717) is 6.54 Å². The molecular formula is C21H23N7O. The summed E-state index contributed by atoms with van der Waals surface area (Å²) in [6, 6.07) is 7.97. The van der Waals surface area contributed by atoms with Crippen LogP contribution in [0, 0.1) is 0 Å². The first-order chi connectivity index (χ1) is 14.3. The van der Waals surface area contributed by atoms with Gasteiger partial charge in [-0.05, 0) is 49.2 Å². The average molecular weight is 389 g/mol. The highest BCUT2D eigenvalue weighted by Crippen LogP contribution is 2.30. The topological polar surface area (TPSA) is 100 Å². The fourth-order valence-corrected chi connectivity index (χ4v) is 4.01. The summed E-state index contributed by atoms with van der Waals surface area (Å²) < 4.78 is 1.63. The number of amides is 1. The van der Waals surface area contributed by atoms with Gasteiger partial charge in [-0.3, -0.25) is 4.79 Å². The van der Waals surface area contributed by atoms with Crippen molar-refractivity contribution < 1.29 is 4.79 Å². The molecule has 1 aliphatic heterocycles. The number of rotatable bonds is 5. The molecule has 4 aromatic rings. The van der Waals surface area contributed by atoms with Crippen LogP contribution in [0.4, 0.5) is 0 Å². The molecule has 5 rings (SSSR count). The van der Waals surface area contributed by atoms with Gasteiger partial charge in [-0.15, -0.1) is 0 Å². The first-order valence-electron chi connectivity index (χ1n) is 10.1. The van der Waals surface area contributed by atoms with Crippen molar-refractivity contribution in [3.05, 3.63) is 48.5 Å². The highest BCUT2D eigenvalue weighted by molar-refractivity contribution is 5.97. The maximum Gasteiger partial charge on any atom is 0.237 e. The molecule has 29 heavy (non-hydrogen) atoms. The predicted octanol–water partition coefficient (Wildman–Crippen LogP) is 2.07. The lowest BCUT2D eigenvalue weighted by molar-refractivity contribution is -0.123. The molecule has 1 fully saturated rings. The van der Waals surface area contributed by atoms with Gasteiger partial charge in [0.2, 0.25) is 5.91 Å². The fraction of sp³-hybridized carbons (Fsp3) is 0.333. The second kappa shape index (κ2) is 7.63. The van der Waals surface area contributed by atoms with Gasteiger partial charge in [0.05, 0.1) is 17.8 Å². The molecule has 8 heteroatoms. The van der Waals surface area contributed by atoms with Crippen LogP contribution in [-0.2, 0) is 11.2 Å². The maximum atomic E-state index is 12.3. The molecule has 0 spiro atoms. The summed E-state index contributed by atoms with van der Waals surface area (Å²) in [6.07, 6.45) is 9.26. The number of hydrogen-bond donors (Lipinski definition) is 3. The van der Waals surface area contributed by atoms with Gasteiger partial charge >= 0.3 is 0 Å². The average Bonchev–Trinajstić information content (AvgIpc) is 3.38. The lowest BCUT2D eigenvalue weighted by atomic mass is 10.0. The number of carbonyl (C=O) groups excluding carboxylic acids is 1. The first-order valence-corrected chi connectivity index (χ1v) is 10.1. The number of H-pyrrole nitrogens is 1. The van der Waals surface area contributed by atoms with Crippen molar-refractivity contribution in [1.82, 2.24) is 35.4 Å². The second-order valence-electron chi connectivity index (χ2n) is 7.42. The monoisotopic (exact) mass is 389 g/mol. The van der Waals surface area contributed by atoms with Crippen molar-refractivity contribution in [1.29, 1.82) is 0 Å². The Balaban J connectivity index is 1.34. The zero-order valence-electron chi connectivity index (χ0n) is 16.1. The molecule has 3 N–H and O–H groups in total. The van der Waals surface area contributed by atoms with E-state index < -0.39 is 0 Å². The van der Waals surface area contributed by atoms with E-state index in [2.05, 4.69) is 36.9 Å². The lowest BCUT2D eigenvalue weighted by Crippen LogP contribution is -2.47. The standard InChI is InChI=1S/C21H23N7O/c29-21(18-4-1-2-8-22-18)24-10-6-14-12-16-15(7-11-23-20(16)27-14)17-13-26-28-19(17)5-3-9-25-28/h3,5,7,9,11-13,18,22H,1-2,4,6,8,10H2,(H,23,27)(H,24,29)/t18-/m0/s1. The molecule has 148 valence electrons. The van der Waals surface area contributed by atoms with E-state index in [-0.39, 0.29) is 11.9 Å². The van der Waals surface area contributed by atoms with Crippen LogP contribution in [0.15, 0.2) is 42.9 Å². The third-order valence-corrected chi connectivity index (χ3v) is 5.50. The molecule has 0 radical (unpaired) electrons. The van der Waals surface area contributed by atoms with Crippen molar-refractivity contribution in [3.8, 4) is 11.1 Å². The van der Waals surface area contributed by atoms with Gasteiger partial charge < -0.3 is 15.6 Å². The smallest absolute Gasteiger partial charge is 0.237 e. The minimum absolute atomic E-state index is 0.0519. The molecule has 1 saturated heterocycles. The molecule has 0 aromatic carbocycles. The molecule has 5 heterocycles. The number of fused-ring (bicyclic) bond motifs is 2. The zero-order chi connectivity index (χ0) is 19.6. The number of carbonyl (C=O) groups is 1. The van der Waals surface area contributed by atoms with Crippen LogP contribution in [0.25, 0.3) is 27.7 Å². The van der Waals surface area contributed by atoms with E-state index in [9.17, 15) is 4.79 Å². The molecule has 0 aliphatic carbocycles. The van der Waals surface area contributed by atoms with E-state index in [1.165, 1.54) is 0 Å². The van der Waals surface area contributed by atoms with E-state index in [0.717, 1.165) is 65.6 Å². The molecule has 0 unspecified atom stereocenters. The molecule has 1 atom stereocenters. The third kappa shape index (κ3) is 3.47. The Kier molecular flexibility index (Phi) is 4.69. The Morgan fingerprint density at radius 3 is 3.07 bits per heavy atom. The highest BCUT2D eigenvalue weighted by atomic mass is 16.2. The van der Waals surface area contributed by atoms with Crippen LogP contribution in [0.3, 0.4) is 0 Å². The number of pyridine rings is 1. The van der Waals surface area contributed by atoms with Gasteiger partial charge in [0.15, 0.2) is 0 Å². The maximum absolute atomic E-state index is 12.3. The first kappa shape index (κ1) is 17.8. The lowest BCUT2D eigenvalue weighted by Gasteiger charge is -2.22. The van der Waals surface area contributed by atoms with Crippen molar-refractivity contribution in [2.75, 3.05) is 13.1 Å². The number of nitrogens with zero attached hydrogens (tertiary/aromatic N) is 4. The van der Waals surface area contributed by atoms with Gasteiger partial charge in [0.1, 0.15) is 5.65 Å². The third-order valence-electron chi connectivity index (χ3n) is 5.50. The van der Waals surface area contributed by atoms with Crippen LogP contribution in [0.1, 0.15) is 25.0 Å². The van der Waals surface area contributed by atoms with Crippen LogP contribution < -0.4 is 10.6 Å². The Bertz CT molecular complexity index is 1160. The number of nitrogens with one attached hydrogen (secondary N) is 3. The van der Waals surface area contributed by atoms with Gasteiger partial charge in [0, 0.05) is 42.0 Å². The van der Waals surface area contributed by atoms with Crippen molar-refractivity contribution >= 4 is 22.5 Å². The van der Waals surface area contributed by atoms with Gasteiger partial charge in [-0.2, -0.15) is 14.8 Å². The molecule has 8 nitrogen and oxygen atoms in total. The number of aromatic nitrogens is 5. The van der Waals surface area contributed by atoms with Crippen molar-refractivity contribution in [2.24, 2.45) is 0 Å². The van der Waals surface area contributed by atoms with E-state index in [1.54, 1.807) is 17.0 Å². The summed E-state index contributed by atoms with van der Waals surface area (Å²) in [6.45, 7) is 1.52. The van der Waals surface area contributed by atoms with Crippen LogP contribution >= 0.6 is 0 Å². The Hall–Kier alpha value is -3.26. The Morgan fingerprint density at radius 2 is 2.17 bits per heavy atom. The van der Waals surface area contributed by atoms with Gasteiger partial charge in [0.25, 0.3) is 0 Å². The van der Waals surface area contributed by atoms with E-state index in [4.69, 9.17) is 0 Å². The zero-order valence-corrected chi connectivity index (χ0v) is 16.1. The summed E-state index contributed by atoms with van der Waals surface area (Å²) in [5.41, 5.74) is 4.92. The summed E-state index contributed by atoms with van der Waals surface area (Å²) in [5, 5.41) is 16.0. The highest BCUT2D eigenvalue weighted by Gasteiger charge is 2.20. The van der Waals surface area contributed by atoms with Crippen LogP contribution in [0.2, 0.25) is 0 Å². The summed E-state index contributed by atoms with van der Waals surface area (Å²) >= 11 is 0. The van der Waals surface area contributed by atoms with Crippen LogP contribution in [-0.4, -0.2) is 49.8 Å². The van der Waals surface area contributed by atoms with Gasteiger partial charge in [-0.1, -0.05) is 6.42 Å². The van der Waals surface area contributed by atoms with E-state index in [1.807, 2.05) is 24.4 Å². The fourth-order valence-electron chi connectivity index (χ4n) is 4.01. The minimum Gasteiger partial charge on any atom is -0.354 e. The number of aromatic amines is 1. The summed E-state index contributed by atoms with van der Waals surface area (Å²) in [4.78, 5) is 20.1. The predicted molar refractivity (Wildman–Crippen MR) is 110 cm³/mol. The Labute approximate surface area is 167 Å². The Morgan fingerprint density at radius 1 is 1.21 bits per heavy atom. The quantitative estimate of drug-likeness (QED) is 0.485. The molecule has 0 saturated carbocycles. The summed E-state index contributed by atoms with van der Waals surface area (Å²) in [5.74, 6) is 0.0958. The molecular weight excluding hydrogens is 366 g/mol. The molecule has 1 aliphatic rings. The largest absolute Gasteiger partial charge is 0.354 e. The van der Waals surface area contributed by atoms with Crippen molar-refractivity contribution in [2.45, 2.75) is 31.7 Å². The van der Waals surface area contributed by atoms with Crippen molar-refractivity contribution in [3.63, 3.8) is 0 Å². The normalized spacial score (nSPS) is 17.0. The van der Waals surface area contributed by atoms with Crippen LogP contribution in [0.5, 0.6) is 0 Å². The number of hydrogen-bond acceptors (Lipinski definition) is 5. The minimum atomic E-state index is -0.0519. The van der Waals surface area contributed by atoms with E-state index >= 15 is 0 Å². The SMILES string of the molecule is O=C(NCCc1cc2c(-c3cnn4ncccc34)ccnc2[nH]1)[C@@H]1CCCCN1. The molecule has 0 bridgehead atoms. The summed E-state index contributed by atoms with van der Waals surface area (Å²) in [7, 11) is 0. The van der Waals surface area contributed by atoms with Gasteiger partial charge in [-0.25, -0.2) is 4.98 Å². The molecule has 4 aromatic heterocycles.